The highest BCUT2D eigenvalue weighted by Crippen LogP contribution is 2.16. The average molecular weight is 293 g/mol. The van der Waals surface area contributed by atoms with Gasteiger partial charge in [0.1, 0.15) is 5.82 Å². The molecule has 0 aliphatic heterocycles. The highest BCUT2D eigenvalue weighted by molar-refractivity contribution is 14.1. The second-order valence-electron chi connectivity index (χ2n) is 2.80. The summed E-state index contributed by atoms with van der Waals surface area (Å²) in [6, 6.07) is 4.59. The molecule has 0 N–H and O–H groups in total. The van der Waals surface area contributed by atoms with Crippen molar-refractivity contribution in [2.24, 2.45) is 0 Å². The van der Waals surface area contributed by atoms with E-state index in [9.17, 15) is 9.18 Å². The van der Waals surface area contributed by atoms with Crippen LogP contribution < -0.4 is 0 Å². The average Bonchev–Trinajstić information content (AvgIpc) is 2.03. The van der Waals surface area contributed by atoms with Gasteiger partial charge in [0.2, 0.25) is 0 Å². The van der Waals surface area contributed by atoms with E-state index >= 15 is 0 Å². The third-order valence-electron chi connectivity index (χ3n) is 1.58. The smallest absolute Gasteiger partial charge is 0.257 e. The highest BCUT2D eigenvalue weighted by atomic mass is 127. The van der Waals surface area contributed by atoms with E-state index in [0.29, 0.717) is 3.57 Å². The first-order valence-corrected chi connectivity index (χ1v) is 4.77. The summed E-state index contributed by atoms with van der Waals surface area (Å²) >= 11 is 1.95. The first kappa shape index (κ1) is 10.4. The van der Waals surface area contributed by atoms with Gasteiger partial charge in [-0.2, -0.15) is 0 Å². The maximum absolute atomic E-state index is 13.2. The molecule has 13 heavy (non-hydrogen) atoms. The molecule has 0 aliphatic carbocycles. The fraction of sp³-hybridized carbons (Fsp3) is 0.222. The lowest BCUT2D eigenvalue weighted by molar-refractivity contribution is 0.0822. The zero-order valence-electron chi connectivity index (χ0n) is 7.34. The Bertz CT molecular complexity index is 318. The van der Waals surface area contributed by atoms with Crippen LogP contribution in [-0.4, -0.2) is 24.9 Å². The molecule has 0 aromatic heterocycles. The molecule has 1 amide bonds. The Labute approximate surface area is 89.9 Å². The fourth-order valence-corrected chi connectivity index (χ4v) is 1.62. The zero-order valence-corrected chi connectivity index (χ0v) is 9.50. The van der Waals surface area contributed by atoms with Gasteiger partial charge < -0.3 is 4.90 Å². The molecule has 1 aromatic rings. The first-order chi connectivity index (χ1) is 6.04. The van der Waals surface area contributed by atoms with Crippen LogP contribution in [0.15, 0.2) is 18.2 Å². The van der Waals surface area contributed by atoms with Crippen LogP contribution in [0.5, 0.6) is 0 Å². The number of halogens is 2. The third-order valence-corrected chi connectivity index (χ3v) is 2.48. The van der Waals surface area contributed by atoms with Gasteiger partial charge in [-0.05, 0) is 34.7 Å². The lowest BCUT2D eigenvalue weighted by Crippen LogP contribution is -2.23. The molecule has 0 unspecified atom stereocenters. The summed E-state index contributed by atoms with van der Waals surface area (Å²) in [4.78, 5) is 12.8. The normalized spacial score (nSPS) is 9.85. The van der Waals surface area contributed by atoms with E-state index in [1.165, 1.54) is 11.0 Å². The lowest BCUT2D eigenvalue weighted by atomic mass is 10.2. The summed E-state index contributed by atoms with van der Waals surface area (Å²) in [6.07, 6.45) is 0. The van der Waals surface area contributed by atoms with Gasteiger partial charge in [0, 0.05) is 17.7 Å². The largest absolute Gasteiger partial charge is 0.345 e. The Morgan fingerprint density at radius 3 is 2.54 bits per heavy atom. The number of hydrogen-bond donors (Lipinski definition) is 0. The van der Waals surface area contributed by atoms with Gasteiger partial charge in [-0.1, -0.05) is 6.07 Å². The van der Waals surface area contributed by atoms with Gasteiger partial charge in [-0.25, -0.2) is 4.39 Å². The van der Waals surface area contributed by atoms with Gasteiger partial charge in [0.05, 0.1) is 5.56 Å². The Kier molecular flexibility index (Phi) is 3.24. The Morgan fingerprint density at radius 1 is 1.46 bits per heavy atom. The first-order valence-electron chi connectivity index (χ1n) is 3.69. The SMILES string of the molecule is CN(C)C(=O)c1c(F)cccc1I. The Morgan fingerprint density at radius 2 is 2.08 bits per heavy atom. The maximum Gasteiger partial charge on any atom is 0.257 e. The lowest BCUT2D eigenvalue weighted by Gasteiger charge is -2.11. The van der Waals surface area contributed by atoms with E-state index < -0.39 is 5.82 Å². The molecular weight excluding hydrogens is 284 g/mol. The predicted octanol–water partition coefficient (Wildman–Crippen LogP) is 2.13. The number of nitrogens with zero attached hydrogens (tertiary/aromatic N) is 1. The monoisotopic (exact) mass is 293 g/mol. The number of benzene rings is 1. The van der Waals surface area contributed by atoms with Crippen molar-refractivity contribution >= 4 is 28.5 Å². The van der Waals surface area contributed by atoms with Crippen LogP contribution in [0.3, 0.4) is 0 Å². The Balaban J connectivity index is 3.20. The molecule has 2 nitrogen and oxygen atoms in total. The van der Waals surface area contributed by atoms with Crippen molar-refractivity contribution in [2.45, 2.75) is 0 Å². The molecule has 1 rings (SSSR count). The van der Waals surface area contributed by atoms with E-state index in [-0.39, 0.29) is 11.5 Å². The summed E-state index contributed by atoms with van der Waals surface area (Å²) < 4.78 is 13.8. The van der Waals surface area contributed by atoms with Crippen LogP contribution in [0.4, 0.5) is 4.39 Å². The van der Waals surface area contributed by atoms with Crippen molar-refractivity contribution < 1.29 is 9.18 Å². The van der Waals surface area contributed by atoms with E-state index in [4.69, 9.17) is 0 Å². The molecule has 0 aliphatic rings. The molecule has 0 heterocycles. The highest BCUT2D eigenvalue weighted by Gasteiger charge is 2.16. The minimum Gasteiger partial charge on any atom is -0.345 e. The predicted molar refractivity (Wildman–Crippen MR) is 57.1 cm³/mol. The molecular formula is C9H9FINO. The van der Waals surface area contributed by atoms with Gasteiger partial charge in [0.15, 0.2) is 0 Å². The second kappa shape index (κ2) is 4.04. The molecule has 1 aromatic carbocycles. The van der Waals surface area contributed by atoms with Gasteiger partial charge >= 0.3 is 0 Å². The van der Waals surface area contributed by atoms with Crippen LogP contribution in [0, 0.1) is 9.39 Å². The van der Waals surface area contributed by atoms with E-state index in [0.717, 1.165) is 0 Å². The van der Waals surface area contributed by atoms with E-state index in [1.807, 2.05) is 22.6 Å². The molecule has 4 heteroatoms. The summed E-state index contributed by atoms with van der Waals surface area (Å²) in [5, 5.41) is 0. The number of rotatable bonds is 1. The fourth-order valence-electron chi connectivity index (χ4n) is 0.926. The zero-order chi connectivity index (χ0) is 10.0. The quantitative estimate of drug-likeness (QED) is 0.726. The van der Waals surface area contributed by atoms with Crippen LogP contribution >= 0.6 is 22.6 Å². The number of carbonyl (C=O) groups excluding carboxylic acids is 1. The minimum absolute atomic E-state index is 0.146. The van der Waals surface area contributed by atoms with Crippen molar-refractivity contribution in [3.05, 3.63) is 33.1 Å². The molecule has 0 saturated carbocycles. The molecule has 70 valence electrons. The van der Waals surface area contributed by atoms with Crippen molar-refractivity contribution in [3.63, 3.8) is 0 Å². The van der Waals surface area contributed by atoms with Crippen molar-refractivity contribution in [3.8, 4) is 0 Å². The van der Waals surface area contributed by atoms with Crippen LogP contribution in [0.1, 0.15) is 10.4 Å². The van der Waals surface area contributed by atoms with Gasteiger partial charge in [-0.3, -0.25) is 4.79 Å². The van der Waals surface area contributed by atoms with Gasteiger partial charge in [-0.15, -0.1) is 0 Å². The van der Waals surface area contributed by atoms with Crippen LogP contribution in [0.25, 0.3) is 0 Å². The van der Waals surface area contributed by atoms with Crippen molar-refractivity contribution in [1.29, 1.82) is 0 Å². The van der Waals surface area contributed by atoms with E-state index in [2.05, 4.69) is 0 Å². The molecule has 0 saturated heterocycles. The minimum atomic E-state index is -0.467. The maximum atomic E-state index is 13.2. The second-order valence-corrected chi connectivity index (χ2v) is 3.96. The Hall–Kier alpha value is -0.650. The topological polar surface area (TPSA) is 20.3 Å². The third kappa shape index (κ3) is 2.18. The van der Waals surface area contributed by atoms with Crippen molar-refractivity contribution in [1.82, 2.24) is 4.90 Å². The molecule has 0 spiro atoms. The molecule has 0 fully saturated rings. The molecule has 0 radical (unpaired) electrons. The van der Waals surface area contributed by atoms with Crippen LogP contribution in [0.2, 0.25) is 0 Å². The van der Waals surface area contributed by atoms with E-state index in [1.54, 1.807) is 26.2 Å². The summed E-state index contributed by atoms with van der Waals surface area (Å²) in [5.74, 6) is -0.770. The number of carbonyl (C=O) groups is 1. The van der Waals surface area contributed by atoms with Crippen LogP contribution in [-0.2, 0) is 0 Å². The molecule has 0 atom stereocenters. The number of amides is 1. The summed E-state index contributed by atoms with van der Waals surface area (Å²) in [6.45, 7) is 0. The summed E-state index contributed by atoms with van der Waals surface area (Å²) in [5.41, 5.74) is 0.146. The number of hydrogen-bond acceptors (Lipinski definition) is 1. The van der Waals surface area contributed by atoms with Gasteiger partial charge in [0.25, 0.3) is 5.91 Å². The summed E-state index contributed by atoms with van der Waals surface area (Å²) in [7, 11) is 3.20. The van der Waals surface area contributed by atoms with Crippen molar-refractivity contribution in [2.75, 3.05) is 14.1 Å². The standard InChI is InChI=1S/C9H9FINO/c1-12(2)9(13)8-6(10)4-3-5-7(8)11/h3-5H,1-2H3. The molecule has 0 bridgehead atoms.